The standard InChI is InChI=1S/C25H23N7O2S2/c33-36(34,24-5-2-12-35-24)30-20-3-1-4-21(14-20)31-8-10-32(11-9-31)25-22-13-18(19-15-28-29-16-19)6-7-23(22)26-17-27-25/h1-7,12-17,30H,8-11H2,(H,28,29). The third kappa shape index (κ3) is 4.38. The number of aromatic amines is 1. The highest BCUT2D eigenvalue weighted by molar-refractivity contribution is 7.94. The van der Waals surface area contributed by atoms with E-state index < -0.39 is 10.0 Å². The molecule has 182 valence electrons. The number of benzene rings is 2. The fraction of sp³-hybridized carbons (Fsp3) is 0.160. The van der Waals surface area contributed by atoms with Crippen LogP contribution >= 0.6 is 11.3 Å². The van der Waals surface area contributed by atoms with E-state index in [0.29, 0.717) is 9.90 Å². The molecule has 1 aliphatic heterocycles. The average molecular weight is 518 g/mol. The minimum absolute atomic E-state index is 0.300. The van der Waals surface area contributed by atoms with E-state index in [1.807, 2.05) is 36.5 Å². The lowest BCUT2D eigenvalue weighted by Gasteiger charge is -2.37. The molecule has 0 bridgehead atoms. The number of hydrogen-bond acceptors (Lipinski definition) is 8. The van der Waals surface area contributed by atoms with Gasteiger partial charge in [-0.15, -0.1) is 11.3 Å². The van der Waals surface area contributed by atoms with Crippen molar-refractivity contribution >= 4 is 49.5 Å². The van der Waals surface area contributed by atoms with E-state index in [9.17, 15) is 8.42 Å². The first-order valence-electron chi connectivity index (χ1n) is 11.5. The third-order valence-electron chi connectivity index (χ3n) is 6.25. The summed E-state index contributed by atoms with van der Waals surface area (Å²) < 4.78 is 28.2. The van der Waals surface area contributed by atoms with Crippen LogP contribution < -0.4 is 14.5 Å². The second-order valence-electron chi connectivity index (χ2n) is 8.48. The number of thiophene rings is 1. The molecule has 0 radical (unpaired) electrons. The zero-order valence-electron chi connectivity index (χ0n) is 19.2. The topological polar surface area (TPSA) is 107 Å². The number of piperazine rings is 1. The van der Waals surface area contributed by atoms with Crippen molar-refractivity contribution < 1.29 is 8.42 Å². The Kier molecular flexibility index (Phi) is 5.78. The van der Waals surface area contributed by atoms with E-state index in [4.69, 9.17) is 0 Å². The van der Waals surface area contributed by atoms with Crippen LogP contribution in [0, 0.1) is 0 Å². The van der Waals surface area contributed by atoms with Crippen LogP contribution in [0.15, 0.2) is 82.9 Å². The van der Waals surface area contributed by atoms with Gasteiger partial charge in [-0.25, -0.2) is 18.4 Å². The fourth-order valence-electron chi connectivity index (χ4n) is 4.45. The van der Waals surface area contributed by atoms with E-state index in [-0.39, 0.29) is 0 Å². The number of nitrogens with one attached hydrogen (secondary N) is 2. The van der Waals surface area contributed by atoms with Crippen LogP contribution in [0.1, 0.15) is 0 Å². The molecule has 1 fully saturated rings. The number of aromatic nitrogens is 4. The van der Waals surface area contributed by atoms with Crippen molar-refractivity contribution in [2.45, 2.75) is 4.21 Å². The Morgan fingerprint density at radius 2 is 1.78 bits per heavy atom. The van der Waals surface area contributed by atoms with E-state index in [2.05, 4.69) is 40.8 Å². The molecule has 11 heteroatoms. The van der Waals surface area contributed by atoms with Crippen LogP contribution in [-0.2, 0) is 10.0 Å². The van der Waals surface area contributed by atoms with Gasteiger partial charge in [-0.05, 0) is 47.3 Å². The largest absolute Gasteiger partial charge is 0.368 e. The molecule has 9 nitrogen and oxygen atoms in total. The summed E-state index contributed by atoms with van der Waals surface area (Å²) in [6.07, 6.45) is 5.29. The van der Waals surface area contributed by atoms with Crippen LogP contribution in [0.3, 0.4) is 0 Å². The summed E-state index contributed by atoms with van der Waals surface area (Å²) in [7, 11) is -3.58. The van der Waals surface area contributed by atoms with E-state index in [0.717, 1.165) is 59.7 Å². The molecule has 0 spiro atoms. The fourth-order valence-corrected chi connectivity index (χ4v) is 6.49. The van der Waals surface area contributed by atoms with Crippen LogP contribution in [0.2, 0.25) is 0 Å². The average Bonchev–Trinajstić information content (AvgIpc) is 3.64. The molecule has 1 saturated heterocycles. The van der Waals surface area contributed by atoms with Crippen molar-refractivity contribution in [2.24, 2.45) is 0 Å². The van der Waals surface area contributed by atoms with Crippen molar-refractivity contribution in [2.75, 3.05) is 40.7 Å². The number of nitrogens with zero attached hydrogens (tertiary/aromatic N) is 5. The monoisotopic (exact) mass is 517 g/mol. The van der Waals surface area contributed by atoms with Gasteiger partial charge in [0.2, 0.25) is 0 Å². The summed E-state index contributed by atoms with van der Waals surface area (Å²) in [6.45, 7) is 3.14. The quantitative estimate of drug-likeness (QED) is 0.347. The first kappa shape index (κ1) is 22.5. The molecule has 2 N–H and O–H groups in total. The van der Waals surface area contributed by atoms with Crippen molar-refractivity contribution in [1.82, 2.24) is 20.2 Å². The zero-order chi connectivity index (χ0) is 24.5. The van der Waals surface area contributed by atoms with Crippen LogP contribution in [0.5, 0.6) is 0 Å². The molecule has 0 amide bonds. The van der Waals surface area contributed by atoms with Gasteiger partial charge >= 0.3 is 0 Å². The SMILES string of the molecule is O=S(=O)(Nc1cccc(N2CCN(c3ncnc4ccc(-c5cn[nH]c5)cc34)CC2)c1)c1cccs1. The molecule has 6 rings (SSSR count). The van der Waals surface area contributed by atoms with E-state index >= 15 is 0 Å². The van der Waals surface area contributed by atoms with Gasteiger partial charge in [0.1, 0.15) is 16.4 Å². The van der Waals surface area contributed by atoms with Crippen molar-refractivity contribution in [3.8, 4) is 11.1 Å². The van der Waals surface area contributed by atoms with Gasteiger partial charge in [0.15, 0.2) is 0 Å². The molecular formula is C25H23N7O2S2. The Labute approximate surface area is 212 Å². The van der Waals surface area contributed by atoms with Gasteiger partial charge in [-0.1, -0.05) is 18.2 Å². The van der Waals surface area contributed by atoms with Crippen molar-refractivity contribution in [3.05, 3.63) is 78.7 Å². The molecule has 0 aliphatic carbocycles. The minimum atomic E-state index is -3.58. The molecule has 4 heterocycles. The highest BCUT2D eigenvalue weighted by Gasteiger charge is 2.22. The Morgan fingerprint density at radius 1 is 0.917 bits per heavy atom. The van der Waals surface area contributed by atoms with Crippen molar-refractivity contribution in [3.63, 3.8) is 0 Å². The third-order valence-corrected chi connectivity index (χ3v) is 9.03. The summed E-state index contributed by atoms with van der Waals surface area (Å²) in [5.74, 6) is 0.919. The van der Waals surface area contributed by atoms with Gasteiger partial charge in [0, 0.05) is 49.0 Å². The van der Waals surface area contributed by atoms with E-state index in [1.54, 1.807) is 36.1 Å². The maximum absolute atomic E-state index is 12.6. The lowest BCUT2D eigenvalue weighted by atomic mass is 10.1. The Bertz CT molecular complexity index is 1600. The zero-order valence-corrected chi connectivity index (χ0v) is 20.8. The van der Waals surface area contributed by atoms with Gasteiger partial charge in [0.05, 0.1) is 17.4 Å². The maximum atomic E-state index is 12.6. The lowest BCUT2D eigenvalue weighted by molar-refractivity contribution is 0.603. The summed E-state index contributed by atoms with van der Waals surface area (Å²) in [5, 5.41) is 9.68. The predicted octanol–water partition coefficient (Wildman–Crippen LogP) is 4.21. The Morgan fingerprint density at radius 3 is 2.56 bits per heavy atom. The van der Waals surface area contributed by atoms with Gasteiger partial charge in [-0.3, -0.25) is 9.82 Å². The molecule has 36 heavy (non-hydrogen) atoms. The summed E-state index contributed by atoms with van der Waals surface area (Å²) in [5.41, 5.74) is 4.52. The normalized spacial score (nSPS) is 14.3. The smallest absolute Gasteiger partial charge is 0.271 e. The summed E-state index contributed by atoms with van der Waals surface area (Å²) >= 11 is 1.20. The van der Waals surface area contributed by atoms with Crippen LogP contribution in [0.4, 0.5) is 17.2 Å². The summed E-state index contributed by atoms with van der Waals surface area (Å²) in [4.78, 5) is 13.6. The van der Waals surface area contributed by atoms with Gasteiger partial charge < -0.3 is 9.80 Å². The highest BCUT2D eigenvalue weighted by Crippen LogP contribution is 2.30. The minimum Gasteiger partial charge on any atom is -0.368 e. The number of anilines is 3. The highest BCUT2D eigenvalue weighted by atomic mass is 32.2. The molecule has 2 aromatic carbocycles. The van der Waals surface area contributed by atoms with Crippen molar-refractivity contribution in [1.29, 1.82) is 0 Å². The molecule has 0 saturated carbocycles. The number of H-pyrrole nitrogens is 1. The van der Waals surface area contributed by atoms with Crippen LogP contribution in [0.25, 0.3) is 22.0 Å². The molecule has 3 aromatic heterocycles. The van der Waals surface area contributed by atoms with E-state index in [1.165, 1.54) is 11.3 Å². The lowest BCUT2D eigenvalue weighted by Crippen LogP contribution is -2.47. The molecular weight excluding hydrogens is 494 g/mol. The Hall–Kier alpha value is -3.96. The number of hydrogen-bond donors (Lipinski definition) is 2. The molecule has 0 unspecified atom stereocenters. The molecule has 0 atom stereocenters. The second-order valence-corrected chi connectivity index (χ2v) is 11.3. The van der Waals surface area contributed by atoms with Crippen LogP contribution in [-0.4, -0.2) is 54.8 Å². The number of rotatable bonds is 6. The van der Waals surface area contributed by atoms with Gasteiger partial charge in [0.25, 0.3) is 10.0 Å². The number of fused-ring (bicyclic) bond motifs is 1. The maximum Gasteiger partial charge on any atom is 0.271 e. The summed E-state index contributed by atoms with van der Waals surface area (Å²) in [6, 6.07) is 17.1. The first-order chi connectivity index (χ1) is 17.6. The first-order valence-corrected chi connectivity index (χ1v) is 13.8. The van der Waals surface area contributed by atoms with Gasteiger partial charge in [-0.2, -0.15) is 5.10 Å². The Balaban J connectivity index is 1.19. The molecule has 5 aromatic rings. The second kappa shape index (κ2) is 9.25. The predicted molar refractivity (Wildman–Crippen MR) is 143 cm³/mol. The molecule has 1 aliphatic rings. The number of sulfonamides is 1.